The van der Waals surface area contributed by atoms with Gasteiger partial charge in [0.25, 0.3) is 5.91 Å². The van der Waals surface area contributed by atoms with Crippen molar-refractivity contribution in [1.82, 2.24) is 24.8 Å². The number of benzene rings is 1. The molecule has 0 radical (unpaired) electrons. The number of ether oxygens (including phenoxy) is 1. The molecule has 0 unspecified atom stereocenters. The van der Waals surface area contributed by atoms with Gasteiger partial charge in [-0.15, -0.1) is 0 Å². The Morgan fingerprint density at radius 3 is 2.47 bits per heavy atom. The summed E-state index contributed by atoms with van der Waals surface area (Å²) in [6, 6.07) is 7.40. The van der Waals surface area contributed by atoms with Gasteiger partial charge in [0.1, 0.15) is 18.2 Å². The summed E-state index contributed by atoms with van der Waals surface area (Å²) in [5.74, 6) is 1.87. The molecule has 152 valence electrons. The summed E-state index contributed by atoms with van der Waals surface area (Å²) in [6.07, 6.45) is 9.36. The van der Waals surface area contributed by atoms with Gasteiger partial charge in [0.2, 0.25) is 5.95 Å². The highest BCUT2D eigenvalue weighted by molar-refractivity contribution is 5.98. The quantitative estimate of drug-likeness (QED) is 0.663. The minimum Gasteiger partial charge on any atom is -0.491 e. The lowest BCUT2D eigenvalue weighted by Gasteiger charge is -2.19. The smallest absolute Gasteiger partial charge is 0.258 e. The lowest BCUT2D eigenvalue weighted by atomic mass is 10.0. The van der Waals surface area contributed by atoms with Gasteiger partial charge in [0, 0.05) is 43.4 Å². The molecule has 0 atom stereocenters. The van der Waals surface area contributed by atoms with Crippen LogP contribution in [0.25, 0.3) is 11.1 Å². The van der Waals surface area contributed by atoms with Crippen LogP contribution in [0.2, 0.25) is 0 Å². The summed E-state index contributed by atoms with van der Waals surface area (Å²) in [5, 5.41) is 0. The van der Waals surface area contributed by atoms with Crippen molar-refractivity contribution in [3.63, 3.8) is 0 Å². The van der Waals surface area contributed by atoms with Crippen molar-refractivity contribution >= 4 is 11.9 Å². The standard InChI is InChI=1S/C22H22N6O2/c29-21-18-12-16(17-13-25-22(26-14-17)27-8-1-2-9-27)4-5-19(18)30-11-10-28(21)15-20-23-6-3-7-24-20/h3-7,12-14H,1-2,8-11,15H2. The molecule has 0 saturated carbocycles. The topological polar surface area (TPSA) is 84.3 Å². The first-order valence-electron chi connectivity index (χ1n) is 10.2. The molecule has 2 aliphatic rings. The molecule has 2 aromatic heterocycles. The number of fused-ring (bicyclic) bond motifs is 1. The Bertz CT molecular complexity index is 1040. The van der Waals surface area contributed by atoms with Gasteiger partial charge in [-0.2, -0.15) is 0 Å². The van der Waals surface area contributed by atoms with Crippen LogP contribution in [0.15, 0.2) is 49.1 Å². The fraction of sp³-hybridized carbons (Fsp3) is 0.318. The normalized spacial score (nSPS) is 16.2. The molecule has 8 nitrogen and oxygen atoms in total. The van der Waals surface area contributed by atoms with Gasteiger partial charge in [-0.25, -0.2) is 19.9 Å². The molecule has 4 heterocycles. The van der Waals surface area contributed by atoms with Crippen LogP contribution in [0.4, 0.5) is 5.95 Å². The Morgan fingerprint density at radius 1 is 0.933 bits per heavy atom. The molecule has 5 rings (SSSR count). The number of amides is 1. The number of hydrogen-bond acceptors (Lipinski definition) is 7. The van der Waals surface area contributed by atoms with Crippen molar-refractivity contribution in [3.05, 3.63) is 60.4 Å². The van der Waals surface area contributed by atoms with Crippen molar-refractivity contribution in [2.24, 2.45) is 0 Å². The molecular weight excluding hydrogens is 380 g/mol. The SMILES string of the molecule is O=C1c2cc(-c3cnc(N4CCCC4)nc3)ccc2OCCN1Cc1ncccn1. The number of hydrogen-bond donors (Lipinski definition) is 0. The largest absolute Gasteiger partial charge is 0.491 e. The monoisotopic (exact) mass is 402 g/mol. The third kappa shape index (κ3) is 3.68. The fourth-order valence-corrected chi connectivity index (χ4v) is 3.82. The Kier molecular flexibility index (Phi) is 4.96. The highest BCUT2D eigenvalue weighted by Crippen LogP contribution is 2.29. The first-order chi connectivity index (χ1) is 14.8. The zero-order valence-electron chi connectivity index (χ0n) is 16.6. The van der Waals surface area contributed by atoms with Crippen LogP contribution < -0.4 is 9.64 Å². The number of nitrogens with zero attached hydrogens (tertiary/aromatic N) is 6. The van der Waals surface area contributed by atoms with Crippen molar-refractivity contribution in [1.29, 1.82) is 0 Å². The molecule has 0 aliphatic carbocycles. The van der Waals surface area contributed by atoms with E-state index in [1.807, 2.05) is 30.6 Å². The second-order valence-electron chi connectivity index (χ2n) is 7.42. The average Bonchev–Trinajstić information content (AvgIpc) is 3.29. The molecule has 0 N–H and O–H groups in total. The van der Waals surface area contributed by atoms with E-state index in [1.54, 1.807) is 23.4 Å². The summed E-state index contributed by atoms with van der Waals surface area (Å²) >= 11 is 0. The van der Waals surface area contributed by atoms with Gasteiger partial charge in [-0.1, -0.05) is 6.07 Å². The van der Waals surface area contributed by atoms with E-state index >= 15 is 0 Å². The highest BCUT2D eigenvalue weighted by Gasteiger charge is 2.25. The predicted molar refractivity (Wildman–Crippen MR) is 111 cm³/mol. The lowest BCUT2D eigenvalue weighted by Crippen LogP contribution is -2.32. The van der Waals surface area contributed by atoms with Gasteiger partial charge in [0.05, 0.1) is 18.7 Å². The van der Waals surface area contributed by atoms with Gasteiger partial charge in [0.15, 0.2) is 0 Å². The van der Waals surface area contributed by atoms with Gasteiger partial charge in [-0.3, -0.25) is 4.79 Å². The third-order valence-corrected chi connectivity index (χ3v) is 5.43. The maximum atomic E-state index is 13.2. The number of anilines is 1. The number of aromatic nitrogens is 4. The summed E-state index contributed by atoms with van der Waals surface area (Å²) in [5.41, 5.74) is 2.29. The number of rotatable bonds is 4. The molecule has 8 heteroatoms. The summed E-state index contributed by atoms with van der Waals surface area (Å²) in [4.78, 5) is 34.6. The summed E-state index contributed by atoms with van der Waals surface area (Å²) in [7, 11) is 0. The van der Waals surface area contributed by atoms with Gasteiger partial charge >= 0.3 is 0 Å². The first-order valence-corrected chi connectivity index (χ1v) is 10.2. The second-order valence-corrected chi connectivity index (χ2v) is 7.42. The molecule has 3 aromatic rings. The molecule has 2 aliphatic heterocycles. The van der Waals surface area contributed by atoms with Crippen LogP contribution >= 0.6 is 0 Å². The zero-order chi connectivity index (χ0) is 20.3. The molecule has 0 bridgehead atoms. The second kappa shape index (κ2) is 8.06. The van der Waals surface area contributed by atoms with E-state index in [0.29, 0.717) is 36.8 Å². The average molecular weight is 402 g/mol. The van der Waals surface area contributed by atoms with E-state index in [9.17, 15) is 4.79 Å². The lowest BCUT2D eigenvalue weighted by molar-refractivity contribution is 0.0738. The highest BCUT2D eigenvalue weighted by atomic mass is 16.5. The molecule has 1 amide bonds. The first kappa shape index (κ1) is 18.5. The van der Waals surface area contributed by atoms with Crippen molar-refractivity contribution < 1.29 is 9.53 Å². The third-order valence-electron chi connectivity index (χ3n) is 5.43. The van der Waals surface area contributed by atoms with Gasteiger partial charge in [-0.05, 0) is 36.6 Å². The summed E-state index contributed by atoms with van der Waals surface area (Å²) in [6.45, 7) is 3.27. The maximum absolute atomic E-state index is 13.2. The Morgan fingerprint density at radius 2 is 1.70 bits per heavy atom. The van der Waals surface area contributed by atoms with E-state index in [-0.39, 0.29) is 5.91 Å². The summed E-state index contributed by atoms with van der Waals surface area (Å²) < 4.78 is 5.82. The molecule has 1 fully saturated rings. The maximum Gasteiger partial charge on any atom is 0.258 e. The van der Waals surface area contributed by atoms with Crippen molar-refractivity contribution in [2.75, 3.05) is 31.1 Å². The number of carbonyl (C=O) groups excluding carboxylic acids is 1. The van der Waals surface area contributed by atoms with Gasteiger partial charge < -0.3 is 14.5 Å². The van der Waals surface area contributed by atoms with Crippen LogP contribution in [0, 0.1) is 0 Å². The van der Waals surface area contributed by atoms with E-state index in [0.717, 1.165) is 30.2 Å². The fourth-order valence-electron chi connectivity index (χ4n) is 3.82. The van der Waals surface area contributed by atoms with E-state index in [1.165, 1.54) is 12.8 Å². The van der Waals surface area contributed by atoms with E-state index in [2.05, 4.69) is 24.8 Å². The molecule has 0 spiro atoms. The molecule has 1 aromatic carbocycles. The van der Waals surface area contributed by atoms with E-state index < -0.39 is 0 Å². The van der Waals surface area contributed by atoms with Crippen LogP contribution in [-0.4, -0.2) is 57.0 Å². The van der Waals surface area contributed by atoms with Crippen LogP contribution in [0.5, 0.6) is 5.75 Å². The van der Waals surface area contributed by atoms with Crippen LogP contribution in [0.1, 0.15) is 29.0 Å². The Balaban J connectivity index is 1.41. The Hall–Kier alpha value is -3.55. The van der Waals surface area contributed by atoms with Crippen LogP contribution in [-0.2, 0) is 6.54 Å². The van der Waals surface area contributed by atoms with E-state index in [4.69, 9.17) is 4.74 Å². The predicted octanol–water partition coefficient (Wildman–Crippen LogP) is 2.57. The number of carbonyl (C=O) groups is 1. The minimum absolute atomic E-state index is 0.0913. The molecule has 1 saturated heterocycles. The zero-order valence-corrected chi connectivity index (χ0v) is 16.6. The van der Waals surface area contributed by atoms with Crippen molar-refractivity contribution in [2.45, 2.75) is 19.4 Å². The van der Waals surface area contributed by atoms with Crippen molar-refractivity contribution in [3.8, 4) is 16.9 Å². The molecule has 30 heavy (non-hydrogen) atoms. The van der Waals surface area contributed by atoms with Crippen LogP contribution in [0.3, 0.4) is 0 Å². The Labute approximate surface area is 174 Å². The minimum atomic E-state index is -0.0913. The molecular formula is C22H22N6O2.